The van der Waals surface area contributed by atoms with Crippen molar-refractivity contribution in [2.24, 2.45) is 0 Å². The summed E-state index contributed by atoms with van der Waals surface area (Å²) < 4.78 is 9.43. The highest BCUT2D eigenvalue weighted by Gasteiger charge is 2.15. The molecule has 0 saturated carbocycles. The average Bonchev–Trinajstić information content (AvgIpc) is 3.48. The van der Waals surface area contributed by atoms with Crippen LogP contribution in [0.15, 0.2) is 67.3 Å². The van der Waals surface area contributed by atoms with Gasteiger partial charge in [0.1, 0.15) is 6.61 Å². The van der Waals surface area contributed by atoms with Crippen LogP contribution < -0.4 is 4.74 Å². The molecule has 0 aliphatic carbocycles. The highest BCUT2D eigenvalue weighted by Crippen LogP contribution is 2.24. The molecule has 4 heterocycles. The van der Waals surface area contributed by atoms with Crippen molar-refractivity contribution < 1.29 is 19.4 Å². The Hall–Kier alpha value is -4.86. The van der Waals surface area contributed by atoms with E-state index < -0.39 is 0 Å². The van der Waals surface area contributed by atoms with Crippen molar-refractivity contribution >= 4 is 23.1 Å². The third-order valence-corrected chi connectivity index (χ3v) is 5.83. The van der Waals surface area contributed by atoms with Gasteiger partial charge in [-0.05, 0) is 31.5 Å². The second-order valence-corrected chi connectivity index (χ2v) is 9.61. The summed E-state index contributed by atoms with van der Waals surface area (Å²) in [6.07, 6.45) is 7.10. The molecule has 0 aliphatic heterocycles. The molecule has 0 atom stereocenters. The van der Waals surface area contributed by atoms with Gasteiger partial charge in [0.15, 0.2) is 22.8 Å². The fourth-order valence-electron chi connectivity index (χ4n) is 3.98. The van der Waals surface area contributed by atoms with E-state index in [1.54, 1.807) is 62.1 Å². The summed E-state index contributed by atoms with van der Waals surface area (Å²) in [5, 5.41) is 9.74. The van der Waals surface area contributed by atoms with Gasteiger partial charge in [-0.1, -0.05) is 30.3 Å². The van der Waals surface area contributed by atoms with E-state index in [1.165, 1.54) is 11.0 Å². The van der Waals surface area contributed by atoms with Gasteiger partial charge < -0.3 is 28.4 Å². The molecule has 0 aliphatic rings. The number of fused-ring (bicyclic) bond motifs is 2. The number of carbonyl (C=O) groups is 2. The van der Waals surface area contributed by atoms with Gasteiger partial charge in [-0.15, -0.1) is 0 Å². The number of hydrogen-bond acceptors (Lipinski definition) is 6. The summed E-state index contributed by atoms with van der Waals surface area (Å²) in [5.41, 5.74) is 4.93. The first kappa shape index (κ1) is 27.2. The molecule has 1 aromatic carbocycles. The monoisotopic (exact) mass is 528 g/mol. The second-order valence-electron chi connectivity index (χ2n) is 9.61. The van der Waals surface area contributed by atoms with Gasteiger partial charge in [-0.3, -0.25) is 9.59 Å². The number of carbonyl (C=O) groups excluding carboxylic acids is 2. The average molecular weight is 529 g/mol. The van der Waals surface area contributed by atoms with E-state index >= 15 is 0 Å². The van der Waals surface area contributed by atoms with E-state index in [0.29, 0.717) is 34.8 Å². The highest BCUT2D eigenvalue weighted by atomic mass is 16.5. The molecule has 5 aromatic rings. The lowest BCUT2D eigenvalue weighted by molar-refractivity contribution is 0.0819. The number of nitrogens with zero attached hydrogens (tertiary/aromatic N) is 6. The number of rotatable bonds is 5. The van der Waals surface area contributed by atoms with Crippen LogP contribution in [0.3, 0.4) is 0 Å². The Balaban J connectivity index is 0.000000193. The summed E-state index contributed by atoms with van der Waals surface area (Å²) in [6, 6.07) is 13.1. The van der Waals surface area contributed by atoms with Crippen molar-refractivity contribution in [2.75, 3.05) is 28.2 Å². The summed E-state index contributed by atoms with van der Waals surface area (Å²) >= 11 is 0. The number of aromatic nitrogens is 4. The fraction of sp³-hybridized carbons (Fsp3) is 0.241. The van der Waals surface area contributed by atoms with Crippen LogP contribution in [0.5, 0.6) is 11.5 Å². The lowest BCUT2D eigenvalue weighted by Gasteiger charge is -2.13. The molecule has 0 fully saturated rings. The van der Waals surface area contributed by atoms with Crippen LogP contribution in [-0.4, -0.2) is 73.7 Å². The standard InChI is InChI=1S/C18H19N3O2.C11H13N3O2/c1-13-10-21-11-15(18(22)20(2)3)9-16(17(21)19-13)23-12-14-7-5-4-6-8-14;1-7-5-14-6-8(11(16)13(2)3)4-9(15)10(14)12-7/h4-11H,12H2,1-3H3;4-6,15H,1-3H3. The Kier molecular flexibility index (Phi) is 7.85. The first-order chi connectivity index (χ1) is 18.5. The second kappa shape index (κ2) is 11.3. The van der Waals surface area contributed by atoms with Crippen LogP contribution in [-0.2, 0) is 6.61 Å². The fourth-order valence-corrected chi connectivity index (χ4v) is 3.98. The predicted octanol–water partition coefficient (Wildman–Crippen LogP) is 3.97. The molecule has 0 spiro atoms. The molecule has 5 rings (SSSR count). The Morgan fingerprint density at radius 2 is 1.31 bits per heavy atom. The molecule has 10 nitrogen and oxygen atoms in total. The van der Waals surface area contributed by atoms with E-state index in [0.717, 1.165) is 17.0 Å². The number of ether oxygens (including phenoxy) is 1. The number of aryl methyl sites for hydroxylation is 2. The van der Waals surface area contributed by atoms with Crippen LogP contribution in [0.25, 0.3) is 11.3 Å². The van der Waals surface area contributed by atoms with Crippen LogP contribution in [0.4, 0.5) is 0 Å². The minimum Gasteiger partial charge on any atom is -0.504 e. The molecule has 1 N–H and O–H groups in total. The molecule has 4 aromatic heterocycles. The Bertz CT molecular complexity index is 1640. The van der Waals surface area contributed by atoms with Crippen molar-refractivity contribution in [3.05, 3.63) is 95.3 Å². The minimum absolute atomic E-state index is 0.0146. The van der Waals surface area contributed by atoms with E-state index in [1.807, 2.05) is 54.8 Å². The van der Waals surface area contributed by atoms with Gasteiger partial charge in [0.05, 0.1) is 22.5 Å². The maximum atomic E-state index is 12.3. The highest BCUT2D eigenvalue weighted by molar-refractivity contribution is 5.95. The zero-order valence-electron chi connectivity index (χ0n) is 22.9. The van der Waals surface area contributed by atoms with E-state index in [4.69, 9.17) is 4.74 Å². The van der Waals surface area contributed by atoms with Gasteiger partial charge in [0, 0.05) is 53.0 Å². The first-order valence-corrected chi connectivity index (χ1v) is 12.3. The predicted molar refractivity (Wildman–Crippen MR) is 148 cm³/mol. The summed E-state index contributed by atoms with van der Waals surface area (Å²) in [7, 11) is 6.80. The van der Waals surface area contributed by atoms with Gasteiger partial charge in [0.2, 0.25) is 0 Å². The number of amides is 2. The molecular formula is C29H32N6O4. The van der Waals surface area contributed by atoms with Crippen molar-refractivity contribution in [2.45, 2.75) is 20.5 Å². The molecule has 2 amide bonds. The van der Waals surface area contributed by atoms with Gasteiger partial charge in [-0.2, -0.15) is 0 Å². The minimum atomic E-state index is -0.149. The van der Waals surface area contributed by atoms with Crippen molar-refractivity contribution in [1.82, 2.24) is 28.6 Å². The number of aromatic hydroxyl groups is 1. The summed E-state index contributed by atoms with van der Waals surface area (Å²) in [6.45, 7) is 4.18. The number of pyridine rings is 2. The van der Waals surface area contributed by atoms with Crippen LogP contribution >= 0.6 is 0 Å². The Morgan fingerprint density at radius 3 is 1.87 bits per heavy atom. The van der Waals surface area contributed by atoms with Crippen LogP contribution in [0, 0.1) is 13.8 Å². The van der Waals surface area contributed by atoms with E-state index in [-0.39, 0.29) is 17.6 Å². The van der Waals surface area contributed by atoms with Gasteiger partial charge in [-0.25, -0.2) is 9.97 Å². The third-order valence-electron chi connectivity index (χ3n) is 5.83. The molecule has 39 heavy (non-hydrogen) atoms. The largest absolute Gasteiger partial charge is 0.504 e. The third kappa shape index (κ3) is 6.18. The molecule has 0 radical (unpaired) electrons. The number of hydrogen-bond donors (Lipinski definition) is 1. The zero-order valence-corrected chi connectivity index (χ0v) is 22.9. The topological polar surface area (TPSA) is 105 Å². The van der Waals surface area contributed by atoms with Crippen LogP contribution in [0.1, 0.15) is 37.7 Å². The van der Waals surface area contributed by atoms with E-state index in [9.17, 15) is 14.7 Å². The summed E-state index contributed by atoms with van der Waals surface area (Å²) in [4.78, 5) is 35.6. The lowest BCUT2D eigenvalue weighted by atomic mass is 10.2. The van der Waals surface area contributed by atoms with Crippen molar-refractivity contribution in [3.8, 4) is 11.5 Å². The smallest absolute Gasteiger partial charge is 0.254 e. The Labute approximate surface area is 226 Å². The number of imidazole rings is 2. The summed E-state index contributed by atoms with van der Waals surface area (Å²) in [5.74, 6) is 0.404. The number of benzene rings is 1. The lowest BCUT2D eigenvalue weighted by Crippen LogP contribution is -2.22. The molecule has 0 saturated heterocycles. The van der Waals surface area contributed by atoms with Gasteiger partial charge >= 0.3 is 0 Å². The van der Waals surface area contributed by atoms with Gasteiger partial charge in [0.25, 0.3) is 11.8 Å². The van der Waals surface area contributed by atoms with Crippen molar-refractivity contribution in [3.63, 3.8) is 0 Å². The molecule has 0 bridgehead atoms. The SMILES string of the molecule is Cc1cn2cc(C(=O)N(C)C)cc(O)c2n1.Cc1cn2cc(C(=O)N(C)C)cc(OCc3ccccc3)c2n1. The maximum absolute atomic E-state index is 12.3. The van der Waals surface area contributed by atoms with E-state index in [2.05, 4.69) is 9.97 Å². The molecule has 10 heteroatoms. The molecule has 202 valence electrons. The first-order valence-electron chi connectivity index (χ1n) is 12.3. The Morgan fingerprint density at radius 1 is 0.795 bits per heavy atom. The molecule has 0 unspecified atom stereocenters. The zero-order chi connectivity index (χ0) is 28.3. The molecular weight excluding hydrogens is 496 g/mol. The van der Waals surface area contributed by atoms with Crippen LogP contribution in [0.2, 0.25) is 0 Å². The quantitative estimate of drug-likeness (QED) is 0.370. The maximum Gasteiger partial charge on any atom is 0.254 e. The normalized spacial score (nSPS) is 10.7. The van der Waals surface area contributed by atoms with Crippen molar-refractivity contribution in [1.29, 1.82) is 0 Å².